The Hall–Kier alpha value is -1.51. The Balaban J connectivity index is 2.25. The van der Waals surface area contributed by atoms with E-state index in [1.807, 2.05) is 19.1 Å². The Bertz CT molecular complexity index is 597. The molecule has 28 heavy (non-hydrogen) atoms. The van der Waals surface area contributed by atoms with Gasteiger partial charge >= 0.3 is 5.97 Å². The fourth-order valence-corrected chi connectivity index (χ4v) is 3.47. The first-order valence-corrected chi connectivity index (χ1v) is 11.1. The molecule has 1 rings (SSSR count). The maximum Gasteiger partial charge on any atom is 0.310 e. The highest BCUT2D eigenvalue weighted by Gasteiger charge is 2.21. The summed E-state index contributed by atoms with van der Waals surface area (Å²) in [5, 5.41) is 10.3. The van der Waals surface area contributed by atoms with Crippen LogP contribution in [0.15, 0.2) is 12.1 Å². The minimum Gasteiger partial charge on any atom is -0.507 e. The third-order valence-electron chi connectivity index (χ3n) is 5.21. The van der Waals surface area contributed by atoms with Crippen molar-refractivity contribution in [2.45, 2.75) is 105 Å². The lowest BCUT2D eigenvalue weighted by molar-refractivity contribution is -0.142. The van der Waals surface area contributed by atoms with E-state index in [1.165, 1.54) is 38.5 Å². The van der Waals surface area contributed by atoms with Gasteiger partial charge < -0.3 is 9.84 Å². The van der Waals surface area contributed by atoms with E-state index in [4.69, 9.17) is 4.74 Å². The topological polar surface area (TPSA) is 46.5 Å². The van der Waals surface area contributed by atoms with Crippen LogP contribution in [0, 0.1) is 12.8 Å². The number of carbonyl (C=O) groups is 1. The van der Waals surface area contributed by atoms with Crippen LogP contribution < -0.4 is 0 Å². The predicted molar refractivity (Wildman–Crippen MR) is 118 cm³/mol. The van der Waals surface area contributed by atoms with Crippen LogP contribution in [0.25, 0.3) is 0 Å². The molecule has 0 unspecified atom stereocenters. The molecule has 0 aliphatic heterocycles. The summed E-state index contributed by atoms with van der Waals surface area (Å²) in [6, 6.07) is 3.81. The van der Waals surface area contributed by atoms with E-state index in [9.17, 15) is 9.90 Å². The number of aromatic hydroxyl groups is 1. The van der Waals surface area contributed by atoms with Crippen molar-refractivity contribution in [3.05, 3.63) is 28.8 Å². The van der Waals surface area contributed by atoms with Crippen molar-refractivity contribution < 1.29 is 14.6 Å². The monoisotopic (exact) mass is 390 g/mol. The van der Waals surface area contributed by atoms with Gasteiger partial charge in [-0.25, -0.2) is 0 Å². The number of rotatable bonds is 12. The van der Waals surface area contributed by atoms with Crippen molar-refractivity contribution in [1.29, 1.82) is 0 Å². The summed E-state index contributed by atoms with van der Waals surface area (Å²) < 4.78 is 5.41. The normalized spacial score (nSPS) is 11.8. The molecule has 0 radical (unpaired) electrons. The zero-order chi connectivity index (χ0) is 21.2. The molecule has 0 aromatic heterocycles. The third kappa shape index (κ3) is 9.61. The van der Waals surface area contributed by atoms with Gasteiger partial charge in [-0.1, -0.05) is 91.7 Å². The van der Waals surface area contributed by atoms with Crippen LogP contribution >= 0.6 is 0 Å². The zero-order valence-electron chi connectivity index (χ0n) is 19.1. The highest BCUT2D eigenvalue weighted by Crippen LogP contribution is 2.34. The van der Waals surface area contributed by atoms with Crippen molar-refractivity contribution in [3.8, 4) is 5.75 Å². The van der Waals surface area contributed by atoms with Crippen LogP contribution in [0.2, 0.25) is 0 Å². The molecule has 1 aromatic carbocycles. The lowest BCUT2D eigenvalue weighted by Gasteiger charge is -2.22. The van der Waals surface area contributed by atoms with Crippen LogP contribution in [-0.4, -0.2) is 17.7 Å². The average molecular weight is 391 g/mol. The number of benzene rings is 1. The van der Waals surface area contributed by atoms with Gasteiger partial charge in [0.2, 0.25) is 0 Å². The average Bonchev–Trinajstić information content (AvgIpc) is 2.58. The van der Waals surface area contributed by atoms with E-state index in [0.717, 1.165) is 35.4 Å². The molecule has 0 saturated carbocycles. The number of aryl methyl sites for hydroxylation is 1. The number of esters is 1. The van der Waals surface area contributed by atoms with Gasteiger partial charge in [0.15, 0.2) is 0 Å². The minimum atomic E-state index is -0.182. The van der Waals surface area contributed by atoms with Gasteiger partial charge in [0.25, 0.3) is 0 Å². The standard InChI is InChI=1S/C25H42O3/c1-19(2)14-12-10-8-7-9-11-13-15-28-23(26)18-21-16-20(3)24(27)22(17-21)25(4,5)6/h16-17,19,27H,7-15,18H2,1-6H3. The van der Waals surface area contributed by atoms with E-state index >= 15 is 0 Å². The van der Waals surface area contributed by atoms with E-state index in [1.54, 1.807) is 0 Å². The molecular formula is C25H42O3. The van der Waals surface area contributed by atoms with Crippen molar-refractivity contribution >= 4 is 5.97 Å². The van der Waals surface area contributed by atoms with Crippen molar-refractivity contribution in [2.75, 3.05) is 6.61 Å². The summed E-state index contributed by atoms with van der Waals surface area (Å²) in [5.74, 6) is 0.965. The van der Waals surface area contributed by atoms with Gasteiger partial charge in [0.1, 0.15) is 5.75 Å². The van der Waals surface area contributed by atoms with Crippen LogP contribution in [0.3, 0.4) is 0 Å². The largest absolute Gasteiger partial charge is 0.507 e. The molecule has 0 bridgehead atoms. The molecule has 0 heterocycles. The Labute approximate surface area is 172 Å². The molecule has 1 aromatic rings. The molecule has 0 spiro atoms. The Morgan fingerprint density at radius 1 is 1.00 bits per heavy atom. The zero-order valence-corrected chi connectivity index (χ0v) is 19.1. The Kier molecular flexibility index (Phi) is 10.6. The van der Waals surface area contributed by atoms with Crippen LogP contribution in [0.4, 0.5) is 0 Å². The maximum absolute atomic E-state index is 12.1. The Morgan fingerprint density at radius 3 is 2.14 bits per heavy atom. The van der Waals surface area contributed by atoms with Crippen molar-refractivity contribution in [3.63, 3.8) is 0 Å². The molecule has 3 heteroatoms. The first-order chi connectivity index (χ1) is 13.1. The predicted octanol–water partition coefficient (Wildman–Crippen LogP) is 6.86. The molecule has 0 saturated heterocycles. The number of carbonyl (C=O) groups excluding carboxylic acids is 1. The quantitative estimate of drug-likeness (QED) is 0.313. The molecule has 0 atom stereocenters. The molecule has 0 aliphatic carbocycles. The van der Waals surface area contributed by atoms with E-state index in [0.29, 0.717) is 12.4 Å². The van der Waals surface area contributed by atoms with E-state index in [-0.39, 0.29) is 17.8 Å². The molecular weight excluding hydrogens is 348 g/mol. The fraction of sp³-hybridized carbons (Fsp3) is 0.720. The number of hydrogen-bond acceptors (Lipinski definition) is 3. The molecule has 3 nitrogen and oxygen atoms in total. The summed E-state index contributed by atoms with van der Waals surface area (Å²) in [7, 11) is 0. The first kappa shape index (κ1) is 24.5. The van der Waals surface area contributed by atoms with Gasteiger partial charge in [-0.2, -0.15) is 0 Å². The van der Waals surface area contributed by atoms with Crippen LogP contribution in [0.5, 0.6) is 5.75 Å². The van der Waals surface area contributed by atoms with Gasteiger partial charge in [0.05, 0.1) is 13.0 Å². The van der Waals surface area contributed by atoms with Crippen LogP contribution in [-0.2, 0) is 21.4 Å². The first-order valence-electron chi connectivity index (χ1n) is 11.1. The summed E-state index contributed by atoms with van der Waals surface area (Å²) in [6.07, 6.45) is 10.2. The maximum atomic E-state index is 12.1. The highest BCUT2D eigenvalue weighted by molar-refractivity contribution is 5.73. The smallest absolute Gasteiger partial charge is 0.310 e. The van der Waals surface area contributed by atoms with Gasteiger partial charge in [0, 0.05) is 0 Å². The number of phenolic OH excluding ortho intramolecular Hbond substituents is 1. The summed E-state index contributed by atoms with van der Waals surface area (Å²) in [5.41, 5.74) is 2.43. The molecule has 0 aliphatic rings. The number of ether oxygens (including phenoxy) is 1. The lowest BCUT2D eigenvalue weighted by Crippen LogP contribution is -2.14. The summed E-state index contributed by atoms with van der Waals surface area (Å²) >= 11 is 0. The van der Waals surface area contributed by atoms with Crippen LogP contribution in [0.1, 0.15) is 103 Å². The van der Waals surface area contributed by atoms with Gasteiger partial charge in [-0.3, -0.25) is 4.79 Å². The second-order valence-corrected chi connectivity index (χ2v) is 9.61. The number of phenols is 1. The van der Waals surface area contributed by atoms with Crippen molar-refractivity contribution in [2.24, 2.45) is 5.92 Å². The number of hydrogen-bond donors (Lipinski definition) is 1. The third-order valence-corrected chi connectivity index (χ3v) is 5.21. The second-order valence-electron chi connectivity index (χ2n) is 9.61. The molecule has 1 N–H and O–H groups in total. The van der Waals surface area contributed by atoms with E-state index in [2.05, 4.69) is 34.6 Å². The summed E-state index contributed by atoms with van der Waals surface area (Å²) in [6.45, 7) is 13.1. The highest BCUT2D eigenvalue weighted by atomic mass is 16.5. The molecule has 0 amide bonds. The van der Waals surface area contributed by atoms with E-state index < -0.39 is 0 Å². The van der Waals surface area contributed by atoms with Crippen molar-refractivity contribution in [1.82, 2.24) is 0 Å². The lowest BCUT2D eigenvalue weighted by atomic mass is 9.84. The molecule has 160 valence electrons. The second kappa shape index (κ2) is 12.1. The Morgan fingerprint density at radius 2 is 1.57 bits per heavy atom. The summed E-state index contributed by atoms with van der Waals surface area (Å²) in [4.78, 5) is 12.1. The number of unbranched alkanes of at least 4 members (excludes halogenated alkanes) is 6. The molecule has 0 fully saturated rings. The minimum absolute atomic E-state index is 0.163. The van der Waals surface area contributed by atoms with Gasteiger partial charge in [-0.15, -0.1) is 0 Å². The SMILES string of the molecule is Cc1cc(CC(=O)OCCCCCCCCCC(C)C)cc(C(C)(C)C)c1O. The fourth-order valence-electron chi connectivity index (χ4n) is 3.47. The van der Waals surface area contributed by atoms with Gasteiger partial charge in [-0.05, 0) is 41.4 Å².